The van der Waals surface area contributed by atoms with Gasteiger partial charge in [0.25, 0.3) is 0 Å². The van der Waals surface area contributed by atoms with Crippen LogP contribution in [0, 0.1) is 0 Å². The molecule has 1 aliphatic rings. The highest BCUT2D eigenvalue weighted by Gasteiger charge is 2.29. The molecule has 13 heavy (non-hydrogen) atoms. The van der Waals surface area contributed by atoms with Crippen LogP contribution in [0.1, 0.15) is 6.42 Å². The van der Waals surface area contributed by atoms with E-state index >= 15 is 0 Å². The van der Waals surface area contributed by atoms with Gasteiger partial charge < -0.3 is 5.11 Å². The summed E-state index contributed by atoms with van der Waals surface area (Å²) in [6.07, 6.45) is 4.18. The molecule has 1 saturated heterocycles. The second kappa shape index (κ2) is 3.10. The highest BCUT2D eigenvalue weighted by molar-refractivity contribution is 5.94. The Labute approximate surface area is 75.0 Å². The standard InChI is InChI=1S/C8H9N3O2/c12-6-3-8(13)11(5-6)7-4-9-1-2-10-7/h1-2,4,6,12H,3,5H2. The van der Waals surface area contributed by atoms with Crippen LogP contribution in [0.3, 0.4) is 0 Å². The van der Waals surface area contributed by atoms with Crippen molar-refractivity contribution in [3.8, 4) is 0 Å². The number of carbonyl (C=O) groups is 1. The first-order valence-electron chi connectivity index (χ1n) is 4.02. The van der Waals surface area contributed by atoms with Gasteiger partial charge in [-0.05, 0) is 0 Å². The zero-order valence-corrected chi connectivity index (χ0v) is 6.92. The first kappa shape index (κ1) is 8.12. The van der Waals surface area contributed by atoms with Crippen LogP contribution >= 0.6 is 0 Å². The number of β-amino-alcohol motifs (C(OH)–C–C–N with tert-alkyl or cyclic N) is 1. The van der Waals surface area contributed by atoms with Crippen molar-refractivity contribution in [1.29, 1.82) is 0 Å². The van der Waals surface area contributed by atoms with Gasteiger partial charge in [0.05, 0.1) is 25.3 Å². The highest BCUT2D eigenvalue weighted by Crippen LogP contribution is 2.17. The highest BCUT2D eigenvalue weighted by atomic mass is 16.3. The Bertz CT molecular complexity index is 314. The van der Waals surface area contributed by atoms with Crippen LogP contribution in [0.2, 0.25) is 0 Å². The Kier molecular flexibility index (Phi) is 1.94. The third-order valence-corrected chi connectivity index (χ3v) is 1.93. The molecule has 0 aromatic carbocycles. The van der Waals surface area contributed by atoms with Gasteiger partial charge in [-0.2, -0.15) is 0 Å². The zero-order valence-electron chi connectivity index (χ0n) is 6.92. The first-order chi connectivity index (χ1) is 6.27. The Balaban J connectivity index is 2.23. The Morgan fingerprint density at radius 1 is 1.54 bits per heavy atom. The minimum Gasteiger partial charge on any atom is -0.391 e. The number of aliphatic hydroxyl groups excluding tert-OH is 1. The number of amides is 1. The summed E-state index contributed by atoms with van der Waals surface area (Å²) in [7, 11) is 0. The molecule has 1 fully saturated rings. The normalized spacial score (nSPS) is 22.4. The lowest BCUT2D eigenvalue weighted by Crippen LogP contribution is -2.26. The van der Waals surface area contributed by atoms with Gasteiger partial charge in [0.15, 0.2) is 5.82 Å². The van der Waals surface area contributed by atoms with E-state index in [1.807, 2.05) is 0 Å². The van der Waals surface area contributed by atoms with Crippen molar-refractivity contribution in [2.24, 2.45) is 0 Å². The molecule has 1 aromatic heterocycles. The van der Waals surface area contributed by atoms with Gasteiger partial charge in [-0.15, -0.1) is 0 Å². The Morgan fingerprint density at radius 3 is 2.92 bits per heavy atom. The van der Waals surface area contributed by atoms with E-state index in [0.29, 0.717) is 12.4 Å². The van der Waals surface area contributed by atoms with Gasteiger partial charge in [0.2, 0.25) is 5.91 Å². The third-order valence-electron chi connectivity index (χ3n) is 1.93. The lowest BCUT2D eigenvalue weighted by atomic mass is 10.3. The zero-order chi connectivity index (χ0) is 9.26. The van der Waals surface area contributed by atoms with Crippen LogP contribution in [0.4, 0.5) is 5.82 Å². The van der Waals surface area contributed by atoms with Gasteiger partial charge in [0, 0.05) is 12.4 Å². The molecule has 1 unspecified atom stereocenters. The SMILES string of the molecule is O=C1CC(O)CN1c1cnccn1. The average Bonchev–Trinajstić information content (AvgIpc) is 2.47. The largest absolute Gasteiger partial charge is 0.391 e. The van der Waals surface area contributed by atoms with E-state index in [-0.39, 0.29) is 12.3 Å². The molecular weight excluding hydrogens is 170 g/mol. The minimum atomic E-state index is -0.575. The fraction of sp³-hybridized carbons (Fsp3) is 0.375. The molecular formula is C8H9N3O2. The summed E-state index contributed by atoms with van der Waals surface area (Å²) in [5, 5.41) is 9.22. The number of carbonyl (C=O) groups excluding carboxylic acids is 1. The van der Waals surface area contributed by atoms with E-state index < -0.39 is 6.10 Å². The number of nitrogens with zero attached hydrogens (tertiary/aromatic N) is 3. The van der Waals surface area contributed by atoms with Gasteiger partial charge >= 0.3 is 0 Å². The van der Waals surface area contributed by atoms with Gasteiger partial charge in [-0.1, -0.05) is 0 Å². The summed E-state index contributed by atoms with van der Waals surface area (Å²) in [4.78, 5) is 20.6. The molecule has 2 rings (SSSR count). The van der Waals surface area contributed by atoms with E-state index in [4.69, 9.17) is 0 Å². The van der Waals surface area contributed by atoms with Crippen molar-refractivity contribution in [2.75, 3.05) is 11.4 Å². The Hall–Kier alpha value is -1.49. The smallest absolute Gasteiger partial charge is 0.230 e. The summed E-state index contributed by atoms with van der Waals surface area (Å²) >= 11 is 0. The van der Waals surface area contributed by atoms with Crippen molar-refractivity contribution >= 4 is 11.7 Å². The monoisotopic (exact) mass is 179 g/mol. The van der Waals surface area contributed by atoms with Crippen LogP contribution in [-0.4, -0.2) is 33.6 Å². The number of hydrogen-bond acceptors (Lipinski definition) is 4. The van der Waals surface area contributed by atoms with Crippen molar-refractivity contribution in [2.45, 2.75) is 12.5 Å². The van der Waals surface area contributed by atoms with Crippen LogP contribution in [0.5, 0.6) is 0 Å². The fourth-order valence-electron chi connectivity index (χ4n) is 1.34. The molecule has 2 heterocycles. The quantitative estimate of drug-likeness (QED) is 0.635. The van der Waals surface area contributed by atoms with Crippen molar-refractivity contribution in [3.05, 3.63) is 18.6 Å². The predicted molar refractivity (Wildman–Crippen MR) is 45.0 cm³/mol. The van der Waals surface area contributed by atoms with Gasteiger partial charge in [0.1, 0.15) is 0 Å². The molecule has 1 N–H and O–H groups in total. The topological polar surface area (TPSA) is 66.3 Å². The third kappa shape index (κ3) is 1.50. The predicted octanol–water partition coefficient (Wildman–Crippen LogP) is -0.426. The summed E-state index contributed by atoms with van der Waals surface area (Å²) in [6.45, 7) is 0.317. The van der Waals surface area contributed by atoms with E-state index in [1.165, 1.54) is 17.3 Å². The molecule has 5 heteroatoms. The van der Waals surface area contributed by atoms with Crippen molar-refractivity contribution in [1.82, 2.24) is 9.97 Å². The maximum atomic E-state index is 11.3. The molecule has 0 spiro atoms. The van der Waals surface area contributed by atoms with E-state index in [2.05, 4.69) is 9.97 Å². The molecule has 0 bridgehead atoms. The van der Waals surface area contributed by atoms with E-state index in [0.717, 1.165) is 0 Å². The molecule has 5 nitrogen and oxygen atoms in total. The summed E-state index contributed by atoms with van der Waals surface area (Å²) in [6, 6.07) is 0. The molecule has 0 saturated carbocycles. The van der Waals surface area contributed by atoms with E-state index in [9.17, 15) is 9.90 Å². The summed E-state index contributed by atoms with van der Waals surface area (Å²) in [5.41, 5.74) is 0. The van der Waals surface area contributed by atoms with Crippen molar-refractivity contribution in [3.63, 3.8) is 0 Å². The summed E-state index contributed by atoms with van der Waals surface area (Å²) < 4.78 is 0. The fourth-order valence-corrected chi connectivity index (χ4v) is 1.34. The lowest BCUT2D eigenvalue weighted by Gasteiger charge is -2.12. The van der Waals surface area contributed by atoms with Crippen LogP contribution < -0.4 is 4.90 Å². The first-order valence-corrected chi connectivity index (χ1v) is 4.02. The molecule has 1 atom stereocenters. The molecule has 1 amide bonds. The Morgan fingerprint density at radius 2 is 2.38 bits per heavy atom. The maximum Gasteiger partial charge on any atom is 0.230 e. The second-order valence-corrected chi connectivity index (χ2v) is 2.93. The molecule has 0 radical (unpaired) electrons. The van der Waals surface area contributed by atoms with Crippen molar-refractivity contribution < 1.29 is 9.90 Å². The second-order valence-electron chi connectivity index (χ2n) is 2.93. The number of rotatable bonds is 1. The minimum absolute atomic E-state index is 0.104. The maximum absolute atomic E-state index is 11.3. The van der Waals surface area contributed by atoms with E-state index in [1.54, 1.807) is 6.20 Å². The van der Waals surface area contributed by atoms with Crippen LogP contribution in [0.25, 0.3) is 0 Å². The lowest BCUT2D eigenvalue weighted by molar-refractivity contribution is -0.117. The number of hydrogen-bond donors (Lipinski definition) is 1. The summed E-state index contributed by atoms with van der Waals surface area (Å²) in [5.74, 6) is 0.400. The average molecular weight is 179 g/mol. The van der Waals surface area contributed by atoms with Crippen LogP contribution in [-0.2, 0) is 4.79 Å². The molecule has 1 aromatic rings. The molecule has 1 aliphatic heterocycles. The number of aromatic nitrogens is 2. The van der Waals surface area contributed by atoms with Gasteiger partial charge in [-0.25, -0.2) is 4.98 Å². The van der Waals surface area contributed by atoms with Gasteiger partial charge in [-0.3, -0.25) is 14.7 Å². The van der Waals surface area contributed by atoms with Crippen LogP contribution in [0.15, 0.2) is 18.6 Å². The number of anilines is 1. The molecule has 68 valence electrons. The molecule has 0 aliphatic carbocycles. The number of aliphatic hydroxyl groups is 1.